The van der Waals surface area contributed by atoms with Crippen molar-refractivity contribution in [2.75, 3.05) is 0 Å². The molecule has 0 spiro atoms. The lowest BCUT2D eigenvalue weighted by Crippen LogP contribution is -2.35. The van der Waals surface area contributed by atoms with Crippen LogP contribution in [0.2, 0.25) is 5.02 Å². The fourth-order valence-electron chi connectivity index (χ4n) is 1.91. The van der Waals surface area contributed by atoms with E-state index in [2.05, 4.69) is 4.99 Å². The molecule has 0 amide bonds. The number of nitrogens with zero attached hydrogens (tertiary/aromatic N) is 1. The van der Waals surface area contributed by atoms with Gasteiger partial charge in [0.15, 0.2) is 11.4 Å². The van der Waals surface area contributed by atoms with Crippen molar-refractivity contribution in [2.45, 2.75) is 39.2 Å². The van der Waals surface area contributed by atoms with Gasteiger partial charge in [-0.2, -0.15) is 0 Å². The number of rotatable bonds is 4. The molecule has 1 aromatic rings. The monoisotopic (exact) mass is 279 g/mol. The Morgan fingerprint density at radius 3 is 2.42 bits per heavy atom. The van der Waals surface area contributed by atoms with Crippen LogP contribution in [0.3, 0.4) is 0 Å². The zero-order valence-electron chi connectivity index (χ0n) is 11.4. The minimum atomic E-state index is -0.727. The topological polar surface area (TPSA) is 38.7 Å². The first-order chi connectivity index (χ1) is 8.91. The Balaban J connectivity index is 2.01. The van der Waals surface area contributed by atoms with Crippen molar-refractivity contribution in [3.8, 4) is 0 Å². The summed E-state index contributed by atoms with van der Waals surface area (Å²) in [6.07, 6.45) is 1.42. The SMILES string of the molecule is CC(C)C1(C)N=C(CCc2ccc(Cl)cc2)OC1=O. The van der Waals surface area contributed by atoms with Crippen molar-refractivity contribution in [3.63, 3.8) is 0 Å². The highest BCUT2D eigenvalue weighted by Crippen LogP contribution is 2.29. The first kappa shape index (κ1) is 14.1. The summed E-state index contributed by atoms with van der Waals surface area (Å²) in [4.78, 5) is 16.3. The van der Waals surface area contributed by atoms with Crippen molar-refractivity contribution in [2.24, 2.45) is 10.9 Å². The number of halogens is 1. The Morgan fingerprint density at radius 1 is 1.26 bits per heavy atom. The number of carbonyl (C=O) groups is 1. The number of esters is 1. The molecule has 0 radical (unpaired) electrons. The molecule has 0 bridgehead atoms. The van der Waals surface area contributed by atoms with Crippen LogP contribution in [0.5, 0.6) is 0 Å². The van der Waals surface area contributed by atoms with Crippen LogP contribution < -0.4 is 0 Å². The molecule has 1 aromatic carbocycles. The predicted octanol–water partition coefficient (Wildman–Crippen LogP) is 3.64. The van der Waals surface area contributed by atoms with Gasteiger partial charge in [0, 0.05) is 11.4 Å². The van der Waals surface area contributed by atoms with Crippen molar-refractivity contribution >= 4 is 23.5 Å². The van der Waals surface area contributed by atoms with E-state index >= 15 is 0 Å². The lowest BCUT2D eigenvalue weighted by molar-refractivity contribution is -0.139. The average molecular weight is 280 g/mol. The Kier molecular flexibility index (Phi) is 3.95. The van der Waals surface area contributed by atoms with Crippen LogP contribution in [-0.2, 0) is 16.0 Å². The third-order valence-corrected chi connectivity index (χ3v) is 3.90. The Labute approximate surface area is 118 Å². The maximum Gasteiger partial charge on any atom is 0.340 e. The minimum Gasteiger partial charge on any atom is -0.410 e. The maximum absolute atomic E-state index is 11.8. The zero-order valence-corrected chi connectivity index (χ0v) is 12.2. The van der Waals surface area contributed by atoms with Crippen LogP contribution in [0, 0.1) is 5.92 Å². The van der Waals surface area contributed by atoms with Crippen molar-refractivity contribution in [1.82, 2.24) is 0 Å². The van der Waals surface area contributed by atoms with Gasteiger partial charge in [-0.05, 0) is 37.0 Å². The van der Waals surface area contributed by atoms with Gasteiger partial charge in [0.05, 0.1) is 0 Å². The van der Waals surface area contributed by atoms with E-state index in [0.717, 1.165) is 17.0 Å². The van der Waals surface area contributed by atoms with E-state index in [1.54, 1.807) is 0 Å². The third kappa shape index (κ3) is 2.98. The molecule has 2 rings (SSSR count). The number of ether oxygens (including phenoxy) is 1. The van der Waals surface area contributed by atoms with Gasteiger partial charge in [0.1, 0.15) is 0 Å². The van der Waals surface area contributed by atoms with Crippen LogP contribution >= 0.6 is 11.6 Å². The van der Waals surface area contributed by atoms with Gasteiger partial charge in [-0.15, -0.1) is 0 Å². The maximum atomic E-state index is 11.8. The molecule has 0 saturated heterocycles. The molecule has 102 valence electrons. The van der Waals surface area contributed by atoms with Crippen molar-refractivity contribution < 1.29 is 9.53 Å². The number of hydrogen-bond acceptors (Lipinski definition) is 3. The molecule has 1 aliphatic rings. The van der Waals surface area contributed by atoms with Crippen LogP contribution in [0.1, 0.15) is 32.8 Å². The number of cyclic esters (lactones) is 1. The van der Waals surface area contributed by atoms with Crippen LogP contribution in [0.4, 0.5) is 0 Å². The second-order valence-electron chi connectivity index (χ2n) is 5.32. The van der Waals surface area contributed by atoms with E-state index in [-0.39, 0.29) is 11.9 Å². The Morgan fingerprint density at radius 2 is 1.89 bits per heavy atom. The number of benzene rings is 1. The van der Waals surface area contributed by atoms with Gasteiger partial charge >= 0.3 is 5.97 Å². The fraction of sp³-hybridized carbons (Fsp3) is 0.467. The first-order valence-corrected chi connectivity index (χ1v) is 6.85. The summed E-state index contributed by atoms with van der Waals surface area (Å²) in [6.45, 7) is 5.79. The Hall–Kier alpha value is -1.35. The molecule has 1 heterocycles. The molecule has 3 nitrogen and oxygen atoms in total. The Bertz CT molecular complexity index is 507. The molecule has 1 atom stereocenters. The summed E-state index contributed by atoms with van der Waals surface area (Å²) in [5.41, 5.74) is 0.427. The fourth-order valence-corrected chi connectivity index (χ4v) is 2.04. The molecule has 1 unspecified atom stereocenters. The predicted molar refractivity (Wildman–Crippen MR) is 76.5 cm³/mol. The average Bonchev–Trinajstić information content (AvgIpc) is 2.66. The number of aliphatic imine (C=N–C) groups is 1. The molecule has 19 heavy (non-hydrogen) atoms. The minimum absolute atomic E-state index is 0.132. The number of aryl methyl sites for hydroxylation is 1. The summed E-state index contributed by atoms with van der Waals surface area (Å²) >= 11 is 5.84. The highest BCUT2D eigenvalue weighted by Gasteiger charge is 2.43. The zero-order chi connectivity index (χ0) is 14.0. The summed E-state index contributed by atoms with van der Waals surface area (Å²) < 4.78 is 5.27. The second kappa shape index (κ2) is 5.33. The summed E-state index contributed by atoms with van der Waals surface area (Å²) in [5.74, 6) is 0.429. The van der Waals surface area contributed by atoms with Gasteiger partial charge in [0.25, 0.3) is 0 Å². The van der Waals surface area contributed by atoms with Gasteiger partial charge < -0.3 is 4.74 Å². The van der Waals surface area contributed by atoms with E-state index in [1.807, 2.05) is 45.0 Å². The lowest BCUT2D eigenvalue weighted by atomic mass is 9.90. The number of carbonyl (C=O) groups excluding carboxylic acids is 1. The molecule has 0 aliphatic carbocycles. The molecule has 0 aromatic heterocycles. The summed E-state index contributed by atoms with van der Waals surface area (Å²) in [6, 6.07) is 7.66. The van der Waals surface area contributed by atoms with Crippen LogP contribution in [-0.4, -0.2) is 17.4 Å². The molecular weight excluding hydrogens is 262 g/mol. The summed E-state index contributed by atoms with van der Waals surface area (Å²) in [7, 11) is 0. The normalized spacial score (nSPS) is 22.6. The van der Waals surface area contributed by atoms with E-state index in [9.17, 15) is 4.79 Å². The van der Waals surface area contributed by atoms with E-state index in [4.69, 9.17) is 16.3 Å². The molecule has 4 heteroatoms. The second-order valence-corrected chi connectivity index (χ2v) is 5.76. The van der Waals surface area contributed by atoms with Gasteiger partial charge in [-0.1, -0.05) is 37.6 Å². The molecule has 0 fully saturated rings. The van der Waals surface area contributed by atoms with Crippen molar-refractivity contribution in [3.05, 3.63) is 34.9 Å². The van der Waals surface area contributed by atoms with E-state index in [0.29, 0.717) is 12.3 Å². The van der Waals surface area contributed by atoms with Crippen LogP contribution in [0.15, 0.2) is 29.3 Å². The highest BCUT2D eigenvalue weighted by molar-refractivity contribution is 6.30. The largest absolute Gasteiger partial charge is 0.410 e. The molecular formula is C15H18ClNO2. The van der Waals surface area contributed by atoms with Gasteiger partial charge in [-0.25, -0.2) is 9.79 Å². The third-order valence-electron chi connectivity index (χ3n) is 3.65. The summed E-state index contributed by atoms with van der Waals surface area (Å²) in [5, 5.41) is 0.723. The van der Waals surface area contributed by atoms with Crippen LogP contribution in [0.25, 0.3) is 0 Å². The van der Waals surface area contributed by atoms with Crippen molar-refractivity contribution in [1.29, 1.82) is 0 Å². The van der Waals surface area contributed by atoms with E-state index in [1.165, 1.54) is 0 Å². The smallest absolute Gasteiger partial charge is 0.340 e. The molecule has 1 aliphatic heterocycles. The van der Waals surface area contributed by atoms with Gasteiger partial charge in [-0.3, -0.25) is 0 Å². The van der Waals surface area contributed by atoms with E-state index < -0.39 is 5.54 Å². The quantitative estimate of drug-likeness (QED) is 0.789. The standard InChI is InChI=1S/C15H18ClNO2/c1-10(2)15(3)14(18)19-13(17-15)9-6-11-4-7-12(16)8-5-11/h4-5,7-8,10H,6,9H2,1-3H3. The first-order valence-electron chi connectivity index (χ1n) is 6.47. The number of hydrogen-bond donors (Lipinski definition) is 0. The molecule has 0 saturated carbocycles. The highest BCUT2D eigenvalue weighted by atomic mass is 35.5. The lowest BCUT2D eigenvalue weighted by Gasteiger charge is -2.19. The van der Waals surface area contributed by atoms with Gasteiger partial charge in [0.2, 0.25) is 0 Å². The molecule has 0 N–H and O–H groups in total.